The van der Waals surface area contributed by atoms with E-state index in [-0.39, 0.29) is 12.0 Å². The predicted molar refractivity (Wildman–Crippen MR) is 68.0 cm³/mol. The van der Waals surface area contributed by atoms with Crippen LogP contribution in [0.15, 0.2) is 24.3 Å². The van der Waals surface area contributed by atoms with Crippen molar-refractivity contribution < 1.29 is 9.53 Å². The van der Waals surface area contributed by atoms with Crippen molar-refractivity contribution >= 4 is 11.6 Å². The first-order valence-electron chi connectivity index (χ1n) is 6.23. The molecule has 1 aliphatic rings. The highest BCUT2D eigenvalue weighted by atomic mass is 16.5. The van der Waals surface area contributed by atoms with E-state index in [0.29, 0.717) is 6.42 Å². The second-order valence-corrected chi connectivity index (χ2v) is 4.56. The van der Waals surface area contributed by atoms with E-state index in [0.717, 1.165) is 30.7 Å². The zero-order valence-corrected chi connectivity index (χ0v) is 10.2. The van der Waals surface area contributed by atoms with Crippen molar-refractivity contribution in [3.05, 3.63) is 29.8 Å². The van der Waals surface area contributed by atoms with Crippen LogP contribution in [0.2, 0.25) is 0 Å². The van der Waals surface area contributed by atoms with Crippen LogP contribution in [0.4, 0.5) is 5.69 Å². The van der Waals surface area contributed by atoms with E-state index in [2.05, 4.69) is 5.32 Å². The van der Waals surface area contributed by atoms with E-state index < -0.39 is 0 Å². The van der Waals surface area contributed by atoms with Crippen molar-refractivity contribution in [3.8, 4) is 0 Å². The number of hydrogen-bond donors (Lipinski definition) is 1. The number of ether oxygens (including phenoxy) is 1. The molecular weight excluding hydrogens is 214 g/mol. The van der Waals surface area contributed by atoms with E-state index >= 15 is 0 Å². The van der Waals surface area contributed by atoms with Crippen molar-refractivity contribution in [1.82, 2.24) is 0 Å². The number of amides is 1. The van der Waals surface area contributed by atoms with Crippen LogP contribution in [0.3, 0.4) is 0 Å². The smallest absolute Gasteiger partial charge is 0.226 e. The van der Waals surface area contributed by atoms with Crippen LogP contribution in [0.5, 0.6) is 0 Å². The molecule has 1 atom stereocenters. The van der Waals surface area contributed by atoms with Gasteiger partial charge in [-0.25, -0.2) is 0 Å². The standard InChI is InChI=1S/C14H19NO2/c1-11-6-2-3-8-13(11)15-14(16)10-12-7-4-5-9-17-12/h2-3,6,8,12H,4-5,7,9-10H2,1H3,(H,15,16). The van der Waals surface area contributed by atoms with Crippen LogP contribution in [0.25, 0.3) is 0 Å². The molecular formula is C14H19NO2. The van der Waals surface area contributed by atoms with Gasteiger partial charge in [0.1, 0.15) is 0 Å². The molecule has 3 heteroatoms. The maximum Gasteiger partial charge on any atom is 0.226 e. The van der Waals surface area contributed by atoms with Crippen LogP contribution in [0.1, 0.15) is 31.2 Å². The molecule has 92 valence electrons. The average Bonchev–Trinajstić information content (AvgIpc) is 2.33. The van der Waals surface area contributed by atoms with Crippen molar-refractivity contribution in [3.63, 3.8) is 0 Å². The highest BCUT2D eigenvalue weighted by molar-refractivity contribution is 5.91. The molecule has 1 aromatic carbocycles. The minimum absolute atomic E-state index is 0.0474. The second kappa shape index (κ2) is 5.82. The van der Waals surface area contributed by atoms with Gasteiger partial charge in [-0.05, 0) is 37.8 Å². The normalized spacial score (nSPS) is 19.9. The molecule has 1 saturated heterocycles. The van der Waals surface area contributed by atoms with E-state index in [1.807, 2.05) is 31.2 Å². The first-order chi connectivity index (χ1) is 8.25. The summed E-state index contributed by atoms with van der Waals surface area (Å²) in [5, 5.41) is 2.94. The summed E-state index contributed by atoms with van der Waals surface area (Å²) in [5.41, 5.74) is 1.98. The largest absolute Gasteiger partial charge is 0.378 e. The zero-order chi connectivity index (χ0) is 12.1. The number of benzene rings is 1. The second-order valence-electron chi connectivity index (χ2n) is 4.56. The lowest BCUT2D eigenvalue weighted by Gasteiger charge is -2.22. The maximum atomic E-state index is 11.8. The lowest BCUT2D eigenvalue weighted by Crippen LogP contribution is -2.25. The Morgan fingerprint density at radius 3 is 2.94 bits per heavy atom. The molecule has 1 fully saturated rings. The first-order valence-corrected chi connectivity index (χ1v) is 6.23. The Morgan fingerprint density at radius 2 is 2.24 bits per heavy atom. The fraction of sp³-hybridized carbons (Fsp3) is 0.500. The molecule has 1 heterocycles. The molecule has 1 amide bonds. The van der Waals surface area contributed by atoms with Gasteiger partial charge in [0.05, 0.1) is 12.5 Å². The third kappa shape index (κ3) is 3.56. The Balaban J connectivity index is 1.86. The lowest BCUT2D eigenvalue weighted by atomic mass is 10.1. The molecule has 1 aliphatic heterocycles. The molecule has 0 aromatic heterocycles. The number of aryl methyl sites for hydroxylation is 1. The molecule has 0 bridgehead atoms. The average molecular weight is 233 g/mol. The molecule has 17 heavy (non-hydrogen) atoms. The van der Waals surface area contributed by atoms with Crippen molar-refractivity contribution in [2.45, 2.75) is 38.7 Å². The molecule has 0 spiro atoms. The van der Waals surface area contributed by atoms with Gasteiger partial charge in [0.25, 0.3) is 0 Å². The minimum Gasteiger partial charge on any atom is -0.378 e. The molecule has 2 rings (SSSR count). The zero-order valence-electron chi connectivity index (χ0n) is 10.2. The first kappa shape index (κ1) is 12.1. The number of hydrogen-bond acceptors (Lipinski definition) is 2. The summed E-state index contributed by atoms with van der Waals surface area (Å²) in [4.78, 5) is 11.8. The van der Waals surface area contributed by atoms with Crippen LogP contribution in [0, 0.1) is 6.92 Å². The van der Waals surface area contributed by atoms with Gasteiger partial charge in [-0.3, -0.25) is 4.79 Å². The number of carbonyl (C=O) groups excluding carboxylic acids is 1. The lowest BCUT2D eigenvalue weighted by molar-refractivity contribution is -0.119. The monoisotopic (exact) mass is 233 g/mol. The summed E-state index contributed by atoms with van der Waals surface area (Å²) >= 11 is 0. The Bertz CT molecular complexity index is 384. The van der Waals surface area contributed by atoms with Gasteiger partial charge in [0.2, 0.25) is 5.91 Å². The summed E-state index contributed by atoms with van der Waals surface area (Å²) in [5.74, 6) is 0.0474. The van der Waals surface area contributed by atoms with Gasteiger partial charge >= 0.3 is 0 Å². The summed E-state index contributed by atoms with van der Waals surface area (Å²) in [6, 6.07) is 7.82. The molecule has 1 aromatic rings. The fourth-order valence-corrected chi connectivity index (χ4v) is 2.09. The Hall–Kier alpha value is -1.35. The SMILES string of the molecule is Cc1ccccc1NC(=O)CC1CCCCO1. The van der Waals surface area contributed by atoms with E-state index in [9.17, 15) is 4.79 Å². The van der Waals surface area contributed by atoms with Gasteiger partial charge in [-0.2, -0.15) is 0 Å². The van der Waals surface area contributed by atoms with Crippen LogP contribution in [-0.2, 0) is 9.53 Å². The highest BCUT2D eigenvalue weighted by Crippen LogP contribution is 2.18. The van der Waals surface area contributed by atoms with Crippen LogP contribution < -0.4 is 5.32 Å². The molecule has 0 radical (unpaired) electrons. The molecule has 3 nitrogen and oxygen atoms in total. The molecule has 0 aliphatic carbocycles. The number of carbonyl (C=O) groups is 1. The molecule has 1 unspecified atom stereocenters. The summed E-state index contributed by atoms with van der Waals surface area (Å²) in [6.45, 7) is 2.79. The van der Waals surface area contributed by atoms with Gasteiger partial charge in [0, 0.05) is 12.3 Å². The maximum absolute atomic E-state index is 11.8. The summed E-state index contributed by atoms with van der Waals surface area (Å²) in [7, 11) is 0. The Morgan fingerprint density at radius 1 is 1.41 bits per heavy atom. The number of nitrogens with one attached hydrogen (secondary N) is 1. The van der Waals surface area contributed by atoms with Gasteiger partial charge in [-0.15, -0.1) is 0 Å². The quantitative estimate of drug-likeness (QED) is 0.871. The summed E-state index contributed by atoms with van der Waals surface area (Å²) < 4.78 is 5.56. The molecule has 0 saturated carbocycles. The number of rotatable bonds is 3. The Labute approximate surface area is 102 Å². The van der Waals surface area contributed by atoms with E-state index in [4.69, 9.17) is 4.74 Å². The highest BCUT2D eigenvalue weighted by Gasteiger charge is 2.17. The number of para-hydroxylation sites is 1. The Kier molecular flexibility index (Phi) is 4.15. The molecule has 1 N–H and O–H groups in total. The third-order valence-electron chi connectivity index (χ3n) is 3.11. The van der Waals surface area contributed by atoms with Crippen molar-refractivity contribution in [2.75, 3.05) is 11.9 Å². The van der Waals surface area contributed by atoms with Gasteiger partial charge < -0.3 is 10.1 Å². The summed E-state index contributed by atoms with van der Waals surface area (Å²) in [6.07, 6.45) is 3.86. The minimum atomic E-state index is 0.0474. The van der Waals surface area contributed by atoms with Crippen molar-refractivity contribution in [2.24, 2.45) is 0 Å². The van der Waals surface area contributed by atoms with Gasteiger partial charge in [-0.1, -0.05) is 18.2 Å². The predicted octanol–water partition coefficient (Wildman–Crippen LogP) is 2.89. The van der Waals surface area contributed by atoms with Crippen molar-refractivity contribution in [1.29, 1.82) is 0 Å². The third-order valence-corrected chi connectivity index (χ3v) is 3.11. The van der Waals surface area contributed by atoms with Crippen LogP contribution in [-0.4, -0.2) is 18.6 Å². The van der Waals surface area contributed by atoms with E-state index in [1.54, 1.807) is 0 Å². The fourth-order valence-electron chi connectivity index (χ4n) is 2.09. The van der Waals surface area contributed by atoms with Crippen LogP contribution >= 0.6 is 0 Å². The number of anilines is 1. The van der Waals surface area contributed by atoms with Gasteiger partial charge in [0.15, 0.2) is 0 Å². The van der Waals surface area contributed by atoms with E-state index in [1.165, 1.54) is 6.42 Å². The topological polar surface area (TPSA) is 38.3 Å².